The summed E-state index contributed by atoms with van der Waals surface area (Å²) in [5.74, 6) is 0.185. The zero-order valence-electron chi connectivity index (χ0n) is 10.9. The Kier molecular flexibility index (Phi) is 6.04. The van der Waals surface area contributed by atoms with Crippen LogP contribution in [0.2, 0.25) is 0 Å². The number of nitrogens with one attached hydrogen (secondary N) is 2. The highest BCUT2D eigenvalue weighted by Gasteiger charge is 2.22. The summed E-state index contributed by atoms with van der Waals surface area (Å²) >= 11 is 8.08. The molecular weight excluding hydrogens is 408 g/mol. The topological polar surface area (TPSA) is 58.2 Å². The van der Waals surface area contributed by atoms with Gasteiger partial charge in [0.25, 0.3) is 5.91 Å². The van der Waals surface area contributed by atoms with Crippen LogP contribution in [-0.2, 0) is 4.79 Å². The Bertz CT molecular complexity index is 479. The highest BCUT2D eigenvalue weighted by Crippen LogP contribution is 2.32. The van der Waals surface area contributed by atoms with E-state index in [2.05, 4.69) is 42.5 Å². The van der Waals surface area contributed by atoms with E-state index in [0.29, 0.717) is 18.0 Å². The Morgan fingerprint density at radius 1 is 1.20 bits per heavy atom. The summed E-state index contributed by atoms with van der Waals surface area (Å²) < 4.78 is 1.78. The maximum atomic E-state index is 11.9. The number of carbonyl (C=O) groups excluding carboxylic acids is 2. The molecule has 1 heterocycles. The molecule has 0 radical (unpaired) electrons. The molecule has 1 fully saturated rings. The highest BCUT2D eigenvalue weighted by molar-refractivity contribution is 9.13. The van der Waals surface area contributed by atoms with Gasteiger partial charge in [-0.2, -0.15) is 0 Å². The molecule has 1 saturated carbocycles. The molecule has 7 heteroatoms. The van der Waals surface area contributed by atoms with Crippen LogP contribution in [0.25, 0.3) is 0 Å². The molecule has 0 spiro atoms. The van der Waals surface area contributed by atoms with Crippen LogP contribution >= 0.6 is 43.2 Å². The molecule has 2 N–H and O–H groups in total. The zero-order chi connectivity index (χ0) is 14.5. The van der Waals surface area contributed by atoms with Crippen molar-refractivity contribution in [3.05, 3.63) is 19.2 Å². The number of hydrogen-bond acceptors (Lipinski definition) is 3. The second kappa shape index (κ2) is 7.56. The fourth-order valence-corrected chi connectivity index (χ4v) is 4.19. The summed E-state index contributed by atoms with van der Waals surface area (Å²) in [6, 6.07) is 1.78. The molecule has 0 atom stereocenters. The van der Waals surface area contributed by atoms with E-state index in [1.165, 1.54) is 11.3 Å². The Labute approximate surface area is 139 Å². The first-order valence-electron chi connectivity index (χ1n) is 6.58. The largest absolute Gasteiger partial charge is 0.354 e. The lowest BCUT2D eigenvalue weighted by atomic mass is 10.1. The van der Waals surface area contributed by atoms with Gasteiger partial charge in [-0.15, -0.1) is 11.3 Å². The van der Waals surface area contributed by atoms with Crippen molar-refractivity contribution in [1.82, 2.24) is 10.6 Å². The predicted molar refractivity (Wildman–Crippen MR) is 87.0 cm³/mol. The molecule has 4 nitrogen and oxygen atoms in total. The van der Waals surface area contributed by atoms with Crippen molar-refractivity contribution >= 4 is 55.0 Å². The molecule has 0 aliphatic heterocycles. The van der Waals surface area contributed by atoms with E-state index in [-0.39, 0.29) is 17.7 Å². The maximum Gasteiger partial charge on any atom is 0.261 e. The van der Waals surface area contributed by atoms with Gasteiger partial charge >= 0.3 is 0 Å². The van der Waals surface area contributed by atoms with Gasteiger partial charge in [-0.3, -0.25) is 9.59 Å². The van der Waals surface area contributed by atoms with Crippen LogP contribution in [0.3, 0.4) is 0 Å². The Morgan fingerprint density at radius 2 is 1.85 bits per heavy atom. The van der Waals surface area contributed by atoms with Gasteiger partial charge in [0, 0.05) is 23.5 Å². The van der Waals surface area contributed by atoms with Crippen molar-refractivity contribution < 1.29 is 9.59 Å². The van der Waals surface area contributed by atoms with Crippen molar-refractivity contribution in [3.63, 3.8) is 0 Å². The molecule has 0 bridgehead atoms. The Morgan fingerprint density at radius 3 is 2.45 bits per heavy atom. The smallest absolute Gasteiger partial charge is 0.261 e. The SMILES string of the molecule is O=C(NCCNC(=O)C1CCCC1)c1cc(Br)c(Br)s1. The van der Waals surface area contributed by atoms with E-state index >= 15 is 0 Å². The molecule has 1 aromatic heterocycles. The van der Waals surface area contributed by atoms with E-state index in [0.717, 1.165) is 33.9 Å². The van der Waals surface area contributed by atoms with Crippen molar-refractivity contribution in [3.8, 4) is 0 Å². The van der Waals surface area contributed by atoms with Gasteiger partial charge in [0.1, 0.15) is 0 Å². The molecule has 2 amide bonds. The van der Waals surface area contributed by atoms with Crippen molar-refractivity contribution in [2.24, 2.45) is 5.92 Å². The van der Waals surface area contributed by atoms with E-state index in [4.69, 9.17) is 0 Å². The minimum atomic E-state index is -0.114. The molecular formula is C13H16Br2N2O2S. The number of halogens is 2. The van der Waals surface area contributed by atoms with Crippen LogP contribution in [0.4, 0.5) is 0 Å². The first-order chi connectivity index (χ1) is 9.58. The minimum absolute atomic E-state index is 0.114. The van der Waals surface area contributed by atoms with Crippen LogP contribution < -0.4 is 10.6 Å². The summed E-state index contributed by atoms with van der Waals surface area (Å²) in [6.07, 6.45) is 4.29. The van der Waals surface area contributed by atoms with Crippen molar-refractivity contribution in [1.29, 1.82) is 0 Å². The molecule has 2 rings (SSSR count). The predicted octanol–water partition coefficient (Wildman–Crippen LogP) is 3.31. The first kappa shape index (κ1) is 16.0. The third-order valence-corrected chi connectivity index (χ3v) is 6.56. The minimum Gasteiger partial charge on any atom is -0.354 e. The van der Waals surface area contributed by atoms with Gasteiger partial charge in [-0.25, -0.2) is 0 Å². The number of amides is 2. The second-order valence-corrected chi connectivity index (χ2v) is 7.99. The number of carbonyl (C=O) groups is 2. The maximum absolute atomic E-state index is 11.9. The molecule has 1 aliphatic rings. The molecule has 1 aromatic rings. The third-order valence-electron chi connectivity index (χ3n) is 3.30. The standard InChI is InChI=1S/C13H16Br2N2O2S/c14-9-7-10(20-11(9)15)13(19)17-6-5-16-12(18)8-3-1-2-4-8/h7-8H,1-6H2,(H,16,18)(H,17,19). The average molecular weight is 424 g/mol. The molecule has 1 aliphatic carbocycles. The van der Waals surface area contributed by atoms with Crippen LogP contribution in [0.5, 0.6) is 0 Å². The molecule has 110 valence electrons. The molecule has 0 saturated heterocycles. The van der Waals surface area contributed by atoms with E-state index in [1.54, 1.807) is 6.07 Å². The van der Waals surface area contributed by atoms with Gasteiger partial charge in [0.05, 0.1) is 8.66 Å². The van der Waals surface area contributed by atoms with E-state index in [1.807, 2.05) is 0 Å². The van der Waals surface area contributed by atoms with Crippen LogP contribution in [0.15, 0.2) is 14.3 Å². The summed E-state index contributed by atoms with van der Waals surface area (Å²) in [5.41, 5.74) is 0. The fraction of sp³-hybridized carbons (Fsp3) is 0.538. The van der Waals surface area contributed by atoms with Gasteiger partial charge < -0.3 is 10.6 Å². The van der Waals surface area contributed by atoms with Crippen LogP contribution in [-0.4, -0.2) is 24.9 Å². The summed E-state index contributed by atoms with van der Waals surface area (Å²) in [5, 5.41) is 5.68. The fourth-order valence-electron chi connectivity index (χ4n) is 2.24. The quantitative estimate of drug-likeness (QED) is 0.713. The zero-order valence-corrected chi connectivity index (χ0v) is 14.9. The normalized spacial score (nSPS) is 15.3. The Balaban J connectivity index is 1.67. The lowest BCUT2D eigenvalue weighted by Gasteiger charge is -2.10. The Hall–Kier alpha value is -0.400. The van der Waals surface area contributed by atoms with Gasteiger partial charge in [-0.1, -0.05) is 12.8 Å². The lowest BCUT2D eigenvalue weighted by molar-refractivity contribution is -0.124. The first-order valence-corrected chi connectivity index (χ1v) is 8.99. The monoisotopic (exact) mass is 422 g/mol. The van der Waals surface area contributed by atoms with Gasteiger partial charge in [0.15, 0.2) is 0 Å². The van der Waals surface area contributed by atoms with Gasteiger partial charge in [-0.05, 0) is 50.8 Å². The van der Waals surface area contributed by atoms with E-state index in [9.17, 15) is 9.59 Å². The van der Waals surface area contributed by atoms with Crippen molar-refractivity contribution in [2.75, 3.05) is 13.1 Å². The van der Waals surface area contributed by atoms with Crippen LogP contribution in [0, 0.1) is 5.92 Å². The number of hydrogen-bond donors (Lipinski definition) is 2. The van der Waals surface area contributed by atoms with Crippen molar-refractivity contribution in [2.45, 2.75) is 25.7 Å². The summed E-state index contributed by atoms with van der Waals surface area (Å²) in [7, 11) is 0. The summed E-state index contributed by atoms with van der Waals surface area (Å²) in [6.45, 7) is 0.930. The number of thiophene rings is 1. The molecule has 0 unspecified atom stereocenters. The third kappa shape index (κ3) is 4.30. The molecule has 0 aromatic carbocycles. The number of rotatable bonds is 5. The highest BCUT2D eigenvalue weighted by atomic mass is 79.9. The van der Waals surface area contributed by atoms with E-state index < -0.39 is 0 Å². The summed E-state index contributed by atoms with van der Waals surface area (Å²) in [4.78, 5) is 24.3. The average Bonchev–Trinajstić information content (AvgIpc) is 3.05. The lowest BCUT2D eigenvalue weighted by Crippen LogP contribution is -2.36. The molecule has 20 heavy (non-hydrogen) atoms. The van der Waals surface area contributed by atoms with Crippen LogP contribution in [0.1, 0.15) is 35.4 Å². The van der Waals surface area contributed by atoms with Gasteiger partial charge in [0.2, 0.25) is 5.91 Å². The second-order valence-electron chi connectivity index (χ2n) is 4.76.